The van der Waals surface area contributed by atoms with E-state index in [4.69, 9.17) is 4.74 Å². The maximum Gasteiger partial charge on any atom is 0.344 e. The van der Waals surface area contributed by atoms with Crippen LogP contribution in [-0.2, 0) is 6.61 Å². The van der Waals surface area contributed by atoms with Crippen LogP contribution in [0.1, 0.15) is 34.3 Å². The van der Waals surface area contributed by atoms with Gasteiger partial charge in [-0.15, -0.1) is 0 Å². The van der Waals surface area contributed by atoms with Gasteiger partial charge in [0, 0.05) is 6.54 Å². The van der Waals surface area contributed by atoms with Gasteiger partial charge in [-0.25, -0.2) is 18.4 Å². The molecule has 1 fully saturated rings. The van der Waals surface area contributed by atoms with Gasteiger partial charge in [0.1, 0.15) is 23.2 Å². The predicted molar refractivity (Wildman–Crippen MR) is 94.2 cm³/mol. The average molecular weight is 397 g/mol. The van der Waals surface area contributed by atoms with Crippen molar-refractivity contribution in [2.45, 2.75) is 26.4 Å². The number of ether oxygens (including phenoxy) is 1. The van der Waals surface area contributed by atoms with E-state index in [1.165, 1.54) is 0 Å². The van der Waals surface area contributed by atoms with E-state index in [2.05, 4.69) is 15.0 Å². The molecular formula is C17H17F2N3O4S. The number of urea groups is 1. The average Bonchev–Trinajstić information content (AvgIpc) is 3.32. The molecule has 27 heavy (non-hydrogen) atoms. The van der Waals surface area contributed by atoms with E-state index >= 15 is 0 Å². The molecule has 0 unspecified atom stereocenters. The number of hydrogen-bond acceptors (Lipinski definition) is 5. The molecule has 3 rings (SSSR count). The third-order valence-corrected chi connectivity index (χ3v) is 4.73. The summed E-state index contributed by atoms with van der Waals surface area (Å²) in [4.78, 5) is 23.4. The van der Waals surface area contributed by atoms with Crippen LogP contribution in [0.2, 0.25) is 0 Å². The number of aryl methyl sites for hydroxylation is 1. The van der Waals surface area contributed by atoms with Crippen LogP contribution < -0.4 is 15.4 Å². The molecule has 1 aliphatic carbocycles. The number of carbonyl (C=O) groups excluding carboxylic acids is 1. The van der Waals surface area contributed by atoms with Crippen molar-refractivity contribution in [3.63, 3.8) is 0 Å². The van der Waals surface area contributed by atoms with Crippen molar-refractivity contribution in [2.75, 3.05) is 11.9 Å². The Balaban J connectivity index is 1.71. The summed E-state index contributed by atoms with van der Waals surface area (Å²) in [5, 5.41) is 14.4. The first-order chi connectivity index (χ1) is 12.8. The second-order valence-electron chi connectivity index (χ2n) is 6.27. The number of carboxylic acids is 1. The zero-order valence-electron chi connectivity index (χ0n) is 14.3. The van der Waals surface area contributed by atoms with Crippen LogP contribution >= 0.6 is 11.5 Å². The molecule has 3 N–H and O–H groups in total. The number of amides is 2. The first-order valence-electron chi connectivity index (χ1n) is 8.20. The number of halogens is 2. The summed E-state index contributed by atoms with van der Waals surface area (Å²) in [6.07, 6.45) is 2.12. The van der Waals surface area contributed by atoms with Crippen LogP contribution in [-0.4, -0.2) is 28.0 Å². The standard InChI is InChI=1S/C17H17F2N3O4S/c1-8-4-11(18)10(12(19)5-8)7-26-14-13(16(23)24)15(27-22-14)21-17(25)20-6-9-2-3-9/h4-5,9H,2-3,6-7H2,1H3,(H,23,24)(H2,20,21,25). The van der Waals surface area contributed by atoms with Crippen LogP contribution in [0.4, 0.5) is 18.6 Å². The minimum atomic E-state index is -1.37. The number of anilines is 1. The molecular weight excluding hydrogens is 380 g/mol. The maximum absolute atomic E-state index is 13.9. The molecule has 1 heterocycles. The van der Waals surface area contributed by atoms with E-state index in [1.807, 2.05) is 0 Å². The first-order valence-corrected chi connectivity index (χ1v) is 8.97. The molecule has 0 bridgehead atoms. The van der Waals surface area contributed by atoms with E-state index in [-0.39, 0.29) is 22.0 Å². The highest BCUT2D eigenvalue weighted by atomic mass is 32.1. The Bertz CT molecular complexity index is 860. The minimum Gasteiger partial charge on any atom is -0.477 e. The third-order valence-electron chi connectivity index (χ3n) is 3.99. The molecule has 2 amide bonds. The smallest absolute Gasteiger partial charge is 0.344 e. The van der Waals surface area contributed by atoms with E-state index in [9.17, 15) is 23.5 Å². The number of aromatic nitrogens is 1. The molecule has 1 aromatic carbocycles. The van der Waals surface area contributed by atoms with Crippen LogP contribution in [0.25, 0.3) is 0 Å². The fourth-order valence-electron chi connectivity index (χ4n) is 2.36. The van der Waals surface area contributed by atoms with Crippen LogP contribution in [0.5, 0.6) is 5.88 Å². The van der Waals surface area contributed by atoms with Gasteiger partial charge in [-0.2, -0.15) is 4.37 Å². The Morgan fingerprint density at radius 3 is 2.59 bits per heavy atom. The molecule has 0 aliphatic heterocycles. The molecule has 10 heteroatoms. The first kappa shape index (κ1) is 19.0. The van der Waals surface area contributed by atoms with Crippen molar-refractivity contribution < 1.29 is 28.2 Å². The van der Waals surface area contributed by atoms with Gasteiger partial charge in [0.25, 0.3) is 0 Å². The van der Waals surface area contributed by atoms with E-state index in [0.29, 0.717) is 29.6 Å². The van der Waals surface area contributed by atoms with Crippen molar-refractivity contribution in [1.29, 1.82) is 0 Å². The molecule has 0 radical (unpaired) electrons. The van der Waals surface area contributed by atoms with Gasteiger partial charge < -0.3 is 15.2 Å². The van der Waals surface area contributed by atoms with E-state index in [1.54, 1.807) is 6.92 Å². The summed E-state index contributed by atoms with van der Waals surface area (Å²) in [5.41, 5.74) is -0.284. The number of benzene rings is 1. The van der Waals surface area contributed by atoms with Crippen molar-refractivity contribution in [3.05, 3.63) is 40.5 Å². The number of hydrogen-bond donors (Lipinski definition) is 3. The monoisotopic (exact) mass is 397 g/mol. The zero-order valence-corrected chi connectivity index (χ0v) is 15.2. The van der Waals surface area contributed by atoms with Crippen molar-refractivity contribution in [3.8, 4) is 5.88 Å². The second-order valence-corrected chi connectivity index (χ2v) is 7.04. The predicted octanol–water partition coefficient (Wildman–Crippen LogP) is 3.54. The molecule has 1 aliphatic rings. The van der Waals surface area contributed by atoms with Gasteiger partial charge in [0.15, 0.2) is 5.56 Å². The number of nitrogens with zero attached hydrogens (tertiary/aromatic N) is 1. The highest BCUT2D eigenvalue weighted by Crippen LogP contribution is 2.32. The fraction of sp³-hybridized carbons (Fsp3) is 0.353. The van der Waals surface area contributed by atoms with Crippen molar-refractivity contribution in [2.24, 2.45) is 5.92 Å². The lowest BCUT2D eigenvalue weighted by atomic mass is 10.1. The van der Waals surface area contributed by atoms with Gasteiger partial charge >= 0.3 is 12.0 Å². The normalized spacial score (nSPS) is 13.3. The number of nitrogens with one attached hydrogen (secondary N) is 2. The highest BCUT2D eigenvalue weighted by molar-refractivity contribution is 7.11. The Labute approximate surface area is 157 Å². The molecule has 144 valence electrons. The molecule has 1 saturated carbocycles. The Morgan fingerprint density at radius 1 is 1.33 bits per heavy atom. The summed E-state index contributed by atoms with van der Waals surface area (Å²) in [6, 6.07) is 1.76. The lowest BCUT2D eigenvalue weighted by molar-refractivity contribution is 0.0693. The van der Waals surface area contributed by atoms with Crippen LogP contribution in [0, 0.1) is 24.5 Å². The Hall–Kier alpha value is -2.75. The number of carboxylic acid groups (broad SMARTS) is 1. The molecule has 0 saturated heterocycles. The van der Waals surface area contributed by atoms with Crippen molar-refractivity contribution in [1.82, 2.24) is 9.69 Å². The largest absolute Gasteiger partial charge is 0.477 e. The zero-order chi connectivity index (χ0) is 19.6. The van der Waals surface area contributed by atoms with E-state index in [0.717, 1.165) is 25.0 Å². The van der Waals surface area contributed by atoms with Gasteiger partial charge in [-0.3, -0.25) is 5.32 Å². The third kappa shape index (κ3) is 4.70. The summed E-state index contributed by atoms with van der Waals surface area (Å²) >= 11 is 0.713. The molecule has 1 aromatic heterocycles. The summed E-state index contributed by atoms with van der Waals surface area (Å²) in [6.45, 7) is 1.53. The van der Waals surface area contributed by atoms with E-state index < -0.39 is 30.2 Å². The fourth-order valence-corrected chi connectivity index (χ4v) is 3.08. The molecule has 0 spiro atoms. The van der Waals surface area contributed by atoms with Crippen LogP contribution in [0.3, 0.4) is 0 Å². The lowest BCUT2D eigenvalue weighted by Gasteiger charge is -2.08. The molecule has 7 nitrogen and oxygen atoms in total. The second kappa shape index (κ2) is 7.87. The quantitative estimate of drug-likeness (QED) is 0.664. The lowest BCUT2D eigenvalue weighted by Crippen LogP contribution is -2.30. The van der Waals surface area contributed by atoms with Crippen LogP contribution in [0.15, 0.2) is 12.1 Å². The highest BCUT2D eigenvalue weighted by Gasteiger charge is 2.25. The van der Waals surface area contributed by atoms with Gasteiger partial charge in [-0.1, -0.05) is 0 Å². The minimum absolute atomic E-state index is 0.0179. The SMILES string of the molecule is Cc1cc(F)c(COc2nsc(NC(=O)NCC3CC3)c2C(=O)O)c(F)c1. The van der Waals surface area contributed by atoms with Gasteiger partial charge in [0.05, 0.1) is 5.56 Å². The number of rotatable bonds is 7. The van der Waals surface area contributed by atoms with Gasteiger partial charge in [-0.05, 0) is 54.9 Å². The van der Waals surface area contributed by atoms with Crippen molar-refractivity contribution >= 4 is 28.5 Å². The van der Waals surface area contributed by atoms with Gasteiger partial charge in [0.2, 0.25) is 5.88 Å². The Morgan fingerprint density at radius 2 is 2.00 bits per heavy atom. The summed E-state index contributed by atoms with van der Waals surface area (Å²) in [7, 11) is 0. The maximum atomic E-state index is 13.9. The number of carbonyl (C=O) groups is 2. The topological polar surface area (TPSA) is 101 Å². The number of aromatic carboxylic acids is 1. The summed E-state index contributed by atoms with van der Waals surface area (Å²) < 4.78 is 36.8. The molecule has 0 atom stereocenters. The summed E-state index contributed by atoms with van der Waals surface area (Å²) in [5.74, 6) is -2.81. The molecule has 2 aromatic rings. The Kier molecular flexibility index (Phi) is 5.54.